The lowest BCUT2D eigenvalue weighted by atomic mass is 10.1. The Hall–Kier alpha value is -1.43. The van der Waals surface area contributed by atoms with Gasteiger partial charge in [-0.25, -0.2) is 0 Å². The van der Waals surface area contributed by atoms with Crippen molar-refractivity contribution in [2.45, 2.75) is 51.9 Å². The van der Waals surface area contributed by atoms with Crippen LogP contribution in [-0.2, 0) is 0 Å². The lowest BCUT2D eigenvalue weighted by Gasteiger charge is -2.39. The molecule has 1 aromatic carbocycles. The Labute approximate surface area is 146 Å². The van der Waals surface area contributed by atoms with Crippen molar-refractivity contribution >= 4 is 5.91 Å². The first-order valence-corrected chi connectivity index (χ1v) is 9.04. The Balaban J connectivity index is 0.000000219. The van der Waals surface area contributed by atoms with Gasteiger partial charge in [-0.3, -0.25) is 4.79 Å². The van der Waals surface area contributed by atoms with E-state index in [-0.39, 0.29) is 18.0 Å². The number of hydrogen-bond donors (Lipinski definition) is 3. The first kappa shape index (κ1) is 18.9. The van der Waals surface area contributed by atoms with E-state index in [2.05, 4.69) is 43.6 Å². The van der Waals surface area contributed by atoms with Gasteiger partial charge in [-0.15, -0.1) is 0 Å². The average molecular weight is 332 g/mol. The minimum absolute atomic E-state index is 0.141. The summed E-state index contributed by atoms with van der Waals surface area (Å²) in [5.41, 5.74) is 0.781. The monoisotopic (exact) mass is 332 g/mol. The molecular weight excluding hydrogens is 300 g/mol. The molecule has 134 valence electrons. The zero-order valence-corrected chi connectivity index (χ0v) is 15.4. The van der Waals surface area contributed by atoms with Gasteiger partial charge in [0.2, 0.25) is 0 Å². The van der Waals surface area contributed by atoms with Crippen LogP contribution in [0.3, 0.4) is 0 Å². The highest BCUT2D eigenvalue weighted by Crippen LogP contribution is 2.14. The molecule has 5 heteroatoms. The summed E-state index contributed by atoms with van der Waals surface area (Å²) in [5.74, 6) is 0.141. The molecule has 1 amide bonds. The van der Waals surface area contributed by atoms with Crippen LogP contribution in [0.25, 0.3) is 0 Å². The van der Waals surface area contributed by atoms with E-state index in [0.717, 1.165) is 31.7 Å². The fraction of sp³-hybridized carbons (Fsp3) is 0.632. The van der Waals surface area contributed by atoms with E-state index in [0.29, 0.717) is 12.1 Å². The van der Waals surface area contributed by atoms with Gasteiger partial charge in [-0.2, -0.15) is 0 Å². The Kier molecular flexibility index (Phi) is 7.21. The van der Waals surface area contributed by atoms with E-state index in [1.54, 1.807) is 0 Å². The second kappa shape index (κ2) is 9.16. The van der Waals surface area contributed by atoms with Crippen molar-refractivity contribution in [2.24, 2.45) is 0 Å². The van der Waals surface area contributed by atoms with Crippen LogP contribution < -0.4 is 16.0 Å². The van der Waals surface area contributed by atoms with Crippen molar-refractivity contribution in [3.63, 3.8) is 0 Å². The lowest BCUT2D eigenvalue weighted by molar-refractivity contribution is 0.0544. The molecule has 0 aliphatic carbocycles. The van der Waals surface area contributed by atoms with Crippen molar-refractivity contribution in [1.29, 1.82) is 0 Å². The van der Waals surface area contributed by atoms with Crippen molar-refractivity contribution in [2.75, 3.05) is 26.2 Å². The standard InChI is InChI=1S/C13H18N2O.C6H14N2/c1-10-8-14-9-11(2)15(10)13(16)12-6-4-3-5-7-12;1-5-3-7-4-6(2)8-5/h3-7,10-11,14H,8-9H2,1-2H3;5-8H,3-4H2,1-2H3/t10-,11+;5-,6+. The lowest BCUT2D eigenvalue weighted by Crippen LogP contribution is -2.57. The van der Waals surface area contributed by atoms with Gasteiger partial charge in [-0.1, -0.05) is 18.2 Å². The van der Waals surface area contributed by atoms with Crippen LogP contribution in [0.5, 0.6) is 0 Å². The molecule has 2 heterocycles. The minimum atomic E-state index is 0.141. The fourth-order valence-corrected chi connectivity index (χ4v) is 3.38. The zero-order chi connectivity index (χ0) is 17.5. The Bertz CT molecular complexity index is 489. The molecule has 5 nitrogen and oxygen atoms in total. The maximum absolute atomic E-state index is 12.3. The number of rotatable bonds is 1. The molecule has 2 saturated heterocycles. The zero-order valence-electron chi connectivity index (χ0n) is 15.4. The number of carbonyl (C=O) groups excluding carboxylic acids is 1. The number of hydrogen-bond acceptors (Lipinski definition) is 4. The molecule has 0 unspecified atom stereocenters. The Morgan fingerprint density at radius 1 is 0.875 bits per heavy atom. The molecule has 4 atom stereocenters. The smallest absolute Gasteiger partial charge is 0.254 e. The molecule has 2 aliphatic rings. The van der Waals surface area contributed by atoms with E-state index in [1.807, 2.05) is 35.2 Å². The second-order valence-corrected chi connectivity index (χ2v) is 7.06. The highest BCUT2D eigenvalue weighted by atomic mass is 16.2. The van der Waals surface area contributed by atoms with Gasteiger partial charge in [0.25, 0.3) is 5.91 Å². The summed E-state index contributed by atoms with van der Waals surface area (Å²) in [6, 6.07) is 11.3. The maximum atomic E-state index is 12.3. The third-order valence-electron chi connectivity index (χ3n) is 4.55. The van der Waals surface area contributed by atoms with E-state index in [1.165, 1.54) is 0 Å². The molecule has 0 bridgehead atoms. The number of amides is 1. The van der Waals surface area contributed by atoms with Crippen LogP contribution in [0.4, 0.5) is 0 Å². The second-order valence-electron chi connectivity index (χ2n) is 7.06. The van der Waals surface area contributed by atoms with Crippen LogP contribution >= 0.6 is 0 Å². The molecule has 24 heavy (non-hydrogen) atoms. The van der Waals surface area contributed by atoms with Gasteiger partial charge >= 0.3 is 0 Å². The molecule has 2 aliphatic heterocycles. The third kappa shape index (κ3) is 5.30. The molecule has 2 fully saturated rings. The number of nitrogens with one attached hydrogen (secondary N) is 3. The largest absolute Gasteiger partial charge is 0.331 e. The molecule has 0 aromatic heterocycles. The Morgan fingerprint density at radius 2 is 1.38 bits per heavy atom. The van der Waals surface area contributed by atoms with Crippen LogP contribution in [0.2, 0.25) is 0 Å². The summed E-state index contributed by atoms with van der Waals surface area (Å²) in [6.07, 6.45) is 0. The molecule has 3 N–H and O–H groups in total. The van der Waals surface area contributed by atoms with Crippen molar-refractivity contribution in [1.82, 2.24) is 20.9 Å². The van der Waals surface area contributed by atoms with E-state index >= 15 is 0 Å². The molecule has 0 radical (unpaired) electrons. The summed E-state index contributed by atoms with van der Waals surface area (Å²) in [4.78, 5) is 14.3. The van der Waals surface area contributed by atoms with Crippen LogP contribution in [0, 0.1) is 0 Å². The molecule has 3 rings (SSSR count). The van der Waals surface area contributed by atoms with Crippen LogP contribution in [-0.4, -0.2) is 61.2 Å². The predicted octanol–water partition coefficient (Wildman–Crippen LogP) is 1.47. The first-order chi connectivity index (χ1) is 11.5. The van der Waals surface area contributed by atoms with E-state index < -0.39 is 0 Å². The number of piperazine rings is 2. The van der Waals surface area contributed by atoms with Gasteiger partial charge in [0.15, 0.2) is 0 Å². The van der Waals surface area contributed by atoms with Crippen molar-refractivity contribution in [3.05, 3.63) is 35.9 Å². The normalized spacial score (nSPS) is 30.2. The van der Waals surface area contributed by atoms with E-state index in [9.17, 15) is 4.79 Å². The first-order valence-electron chi connectivity index (χ1n) is 9.04. The topological polar surface area (TPSA) is 56.4 Å². The van der Waals surface area contributed by atoms with Crippen molar-refractivity contribution in [3.8, 4) is 0 Å². The number of nitrogens with zero attached hydrogens (tertiary/aromatic N) is 1. The Morgan fingerprint density at radius 3 is 1.83 bits per heavy atom. The quantitative estimate of drug-likeness (QED) is 0.729. The molecular formula is C19H32N4O. The average Bonchev–Trinajstić information content (AvgIpc) is 2.56. The highest BCUT2D eigenvalue weighted by Gasteiger charge is 2.29. The SMILES string of the molecule is C[C@@H]1CNC[C@H](C)N1.C[C@@H]1CNC[C@H](C)N1C(=O)c1ccccc1. The van der Waals surface area contributed by atoms with Crippen LogP contribution in [0.15, 0.2) is 30.3 Å². The van der Waals surface area contributed by atoms with Gasteiger partial charge in [0.1, 0.15) is 0 Å². The fourth-order valence-electron chi connectivity index (χ4n) is 3.38. The highest BCUT2D eigenvalue weighted by molar-refractivity contribution is 5.94. The maximum Gasteiger partial charge on any atom is 0.254 e. The summed E-state index contributed by atoms with van der Waals surface area (Å²) in [6.45, 7) is 12.6. The number of carbonyl (C=O) groups is 1. The third-order valence-corrected chi connectivity index (χ3v) is 4.55. The number of benzene rings is 1. The van der Waals surface area contributed by atoms with E-state index in [4.69, 9.17) is 0 Å². The van der Waals surface area contributed by atoms with Crippen LogP contribution in [0.1, 0.15) is 38.1 Å². The van der Waals surface area contributed by atoms with Gasteiger partial charge < -0.3 is 20.9 Å². The summed E-state index contributed by atoms with van der Waals surface area (Å²) in [7, 11) is 0. The van der Waals surface area contributed by atoms with Gasteiger partial charge in [0, 0.05) is 55.9 Å². The summed E-state index contributed by atoms with van der Waals surface area (Å²) < 4.78 is 0. The van der Waals surface area contributed by atoms with Gasteiger partial charge in [0.05, 0.1) is 0 Å². The minimum Gasteiger partial charge on any atom is -0.331 e. The molecule has 0 saturated carbocycles. The molecule has 1 aromatic rings. The van der Waals surface area contributed by atoms with Gasteiger partial charge in [-0.05, 0) is 39.8 Å². The molecule has 0 spiro atoms. The predicted molar refractivity (Wildman–Crippen MR) is 99.3 cm³/mol. The summed E-state index contributed by atoms with van der Waals surface area (Å²) >= 11 is 0. The van der Waals surface area contributed by atoms with Crippen molar-refractivity contribution < 1.29 is 4.79 Å². The summed E-state index contributed by atoms with van der Waals surface area (Å²) in [5, 5.41) is 10.1.